The highest BCUT2D eigenvalue weighted by molar-refractivity contribution is 6.32. The maximum absolute atomic E-state index is 12.0. The predicted octanol–water partition coefficient (Wildman–Crippen LogP) is 2.94. The quantitative estimate of drug-likeness (QED) is 0.557. The summed E-state index contributed by atoms with van der Waals surface area (Å²) in [5.74, 6) is 0.0865. The molecule has 0 bridgehead atoms. The van der Waals surface area contributed by atoms with Crippen LogP contribution in [-0.2, 0) is 0 Å². The highest BCUT2D eigenvalue weighted by Crippen LogP contribution is 2.18. The molecule has 3 N–H and O–H groups in total. The number of nitrogens with zero attached hydrogens (tertiary/aromatic N) is 3. The Morgan fingerprint density at radius 2 is 1.68 bits per heavy atom. The Balaban J connectivity index is 2.03. The van der Waals surface area contributed by atoms with Gasteiger partial charge < -0.3 is 10.2 Å². The molecular weight excluding hydrogens is 367 g/mol. The summed E-state index contributed by atoms with van der Waals surface area (Å²) in [6.07, 6.45) is 0. The number of urea groups is 1. The Morgan fingerprint density at radius 1 is 1.04 bits per heavy atom. The van der Waals surface area contributed by atoms with E-state index in [0.29, 0.717) is 11.5 Å². The van der Waals surface area contributed by atoms with Crippen LogP contribution in [0.1, 0.15) is 16.1 Å². The van der Waals surface area contributed by atoms with E-state index in [4.69, 9.17) is 23.2 Å². The average molecular weight is 383 g/mol. The van der Waals surface area contributed by atoms with Crippen LogP contribution in [0.5, 0.6) is 0 Å². The maximum Gasteiger partial charge on any atom is 0.337 e. The number of hydrogen-bond donors (Lipinski definition) is 3. The van der Waals surface area contributed by atoms with Crippen LogP contribution in [0.15, 0.2) is 24.3 Å². The number of aromatic nitrogens is 2. The minimum atomic E-state index is -0.567. The van der Waals surface area contributed by atoms with Crippen LogP contribution < -0.4 is 16.2 Å². The SMILES string of the molecule is Cc1cc(NNC(=O)Nc2cc(Cl)nc(Cl)c2)nc(C(=O)N(C)C)c1. The van der Waals surface area contributed by atoms with Crippen molar-refractivity contribution in [3.05, 3.63) is 45.8 Å². The van der Waals surface area contributed by atoms with E-state index < -0.39 is 6.03 Å². The lowest BCUT2D eigenvalue weighted by Crippen LogP contribution is -2.34. The van der Waals surface area contributed by atoms with Crippen molar-refractivity contribution >= 4 is 46.6 Å². The van der Waals surface area contributed by atoms with Crippen molar-refractivity contribution in [1.82, 2.24) is 20.3 Å². The second-order valence-corrected chi connectivity index (χ2v) is 6.09. The summed E-state index contributed by atoms with van der Waals surface area (Å²) in [7, 11) is 3.27. The standard InChI is InChI=1S/C15H16Cl2N6O2/c1-8-4-10(14(24)23(2)3)19-13(5-8)21-22-15(25)18-9-6-11(16)20-12(17)7-9/h4-7H,1-3H3,(H,19,21)(H2,18,20,22,25). The molecular formula is C15H16Cl2N6O2. The van der Waals surface area contributed by atoms with Gasteiger partial charge >= 0.3 is 6.03 Å². The number of rotatable bonds is 4. The second-order valence-electron chi connectivity index (χ2n) is 5.32. The molecule has 132 valence electrons. The number of nitrogens with one attached hydrogen (secondary N) is 3. The third-order valence-electron chi connectivity index (χ3n) is 2.92. The van der Waals surface area contributed by atoms with Crippen molar-refractivity contribution < 1.29 is 9.59 Å². The van der Waals surface area contributed by atoms with Gasteiger partial charge in [-0.1, -0.05) is 23.2 Å². The Morgan fingerprint density at radius 3 is 2.28 bits per heavy atom. The minimum Gasteiger partial charge on any atom is -0.343 e. The lowest BCUT2D eigenvalue weighted by atomic mass is 10.2. The van der Waals surface area contributed by atoms with E-state index in [9.17, 15) is 9.59 Å². The number of carbonyl (C=O) groups excluding carboxylic acids is 2. The minimum absolute atomic E-state index is 0.156. The van der Waals surface area contributed by atoms with Gasteiger partial charge in [0.15, 0.2) is 0 Å². The smallest absolute Gasteiger partial charge is 0.337 e. The molecule has 10 heteroatoms. The number of hydrogen-bond acceptors (Lipinski definition) is 5. The molecule has 2 aromatic heterocycles. The molecule has 2 rings (SSSR count). The Kier molecular flexibility index (Phi) is 6.00. The van der Waals surface area contributed by atoms with Gasteiger partial charge in [-0.05, 0) is 36.8 Å². The molecule has 0 aliphatic carbocycles. The maximum atomic E-state index is 12.0. The zero-order valence-corrected chi connectivity index (χ0v) is 15.2. The number of anilines is 2. The van der Waals surface area contributed by atoms with Crippen molar-refractivity contribution in [3.63, 3.8) is 0 Å². The van der Waals surface area contributed by atoms with E-state index in [-0.39, 0.29) is 21.9 Å². The summed E-state index contributed by atoms with van der Waals surface area (Å²) in [6.45, 7) is 1.82. The number of hydrazine groups is 1. The topological polar surface area (TPSA) is 99.2 Å². The van der Waals surface area contributed by atoms with E-state index in [1.165, 1.54) is 17.0 Å². The highest BCUT2D eigenvalue weighted by Gasteiger charge is 2.12. The predicted molar refractivity (Wildman–Crippen MR) is 97.0 cm³/mol. The van der Waals surface area contributed by atoms with E-state index >= 15 is 0 Å². The summed E-state index contributed by atoms with van der Waals surface area (Å²) in [5, 5.41) is 2.85. The van der Waals surface area contributed by atoms with E-state index in [1.807, 2.05) is 6.92 Å². The van der Waals surface area contributed by atoms with Gasteiger partial charge in [-0.3, -0.25) is 15.6 Å². The summed E-state index contributed by atoms with van der Waals surface area (Å²) in [6, 6.07) is 5.68. The number of amides is 3. The third-order valence-corrected chi connectivity index (χ3v) is 3.31. The Bertz CT molecular complexity index is 792. The molecule has 0 aromatic carbocycles. The van der Waals surface area contributed by atoms with Crippen LogP contribution >= 0.6 is 23.2 Å². The number of carbonyl (C=O) groups is 2. The summed E-state index contributed by atoms with van der Waals surface area (Å²) >= 11 is 11.5. The Labute approximate surface area is 154 Å². The fourth-order valence-electron chi connectivity index (χ4n) is 1.89. The summed E-state index contributed by atoms with van der Waals surface area (Å²) in [4.78, 5) is 33.3. The van der Waals surface area contributed by atoms with Gasteiger partial charge in [0.25, 0.3) is 5.91 Å². The summed E-state index contributed by atoms with van der Waals surface area (Å²) < 4.78 is 0. The van der Waals surface area contributed by atoms with Gasteiger partial charge in [0.05, 0.1) is 0 Å². The molecule has 0 spiro atoms. The largest absolute Gasteiger partial charge is 0.343 e. The fourth-order valence-corrected chi connectivity index (χ4v) is 2.35. The number of aryl methyl sites for hydroxylation is 1. The highest BCUT2D eigenvalue weighted by atomic mass is 35.5. The Hall–Kier alpha value is -2.58. The molecule has 0 aliphatic rings. The molecule has 0 saturated heterocycles. The van der Waals surface area contributed by atoms with Crippen LogP contribution in [0, 0.1) is 6.92 Å². The molecule has 8 nitrogen and oxygen atoms in total. The molecule has 2 heterocycles. The number of pyridine rings is 2. The van der Waals surface area contributed by atoms with Gasteiger partial charge in [0, 0.05) is 19.8 Å². The average Bonchev–Trinajstić information content (AvgIpc) is 2.50. The first-order valence-corrected chi connectivity index (χ1v) is 7.86. The first kappa shape index (κ1) is 18.8. The van der Waals surface area contributed by atoms with Crippen molar-refractivity contribution in [2.75, 3.05) is 24.8 Å². The third kappa shape index (κ3) is 5.47. The van der Waals surface area contributed by atoms with Gasteiger partial charge in [-0.2, -0.15) is 0 Å². The van der Waals surface area contributed by atoms with Gasteiger partial charge in [-0.15, -0.1) is 0 Å². The van der Waals surface area contributed by atoms with E-state index in [2.05, 4.69) is 26.1 Å². The molecule has 0 aliphatic heterocycles. The van der Waals surface area contributed by atoms with Crippen LogP contribution in [0.2, 0.25) is 10.3 Å². The molecule has 2 aromatic rings. The van der Waals surface area contributed by atoms with Crippen molar-refractivity contribution in [2.45, 2.75) is 6.92 Å². The number of halogens is 2. The molecule has 3 amide bonds. The van der Waals surface area contributed by atoms with Crippen LogP contribution in [0.4, 0.5) is 16.3 Å². The van der Waals surface area contributed by atoms with Crippen molar-refractivity contribution in [2.24, 2.45) is 0 Å². The van der Waals surface area contributed by atoms with Crippen LogP contribution in [0.3, 0.4) is 0 Å². The van der Waals surface area contributed by atoms with Crippen LogP contribution in [0.25, 0.3) is 0 Å². The second kappa shape index (κ2) is 8.00. The van der Waals surface area contributed by atoms with Gasteiger partial charge in [-0.25, -0.2) is 14.8 Å². The molecule has 0 saturated carbocycles. The summed E-state index contributed by atoms with van der Waals surface area (Å²) in [5.41, 5.74) is 6.52. The zero-order chi connectivity index (χ0) is 18.6. The van der Waals surface area contributed by atoms with Crippen molar-refractivity contribution in [3.8, 4) is 0 Å². The molecule has 25 heavy (non-hydrogen) atoms. The van der Waals surface area contributed by atoms with Gasteiger partial charge in [0.2, 0.25) is 0 Å². The van der Waals surface area contributed by atoms with Crippen molar-refractivity contribution in [1.29, 1.82) is 0 Å². The van der Waals surface area contributed by atoms with E-state index in [1.54, 1.807) is 26.2 Å². The first-order valence-electron chi connectivity index (χ1n) is 7.11. The lowest BCUT2D eigenvalue weighted by molar-refractivity contribution is 0.0822. The molecule has 0 radical (unpaired) electrons. The molecule has 0 unspecified atom stereocenters. The zero-order valence-electron chi connectivity index (χ0n) is 13.7. The van der Waals surface area contributed by atoms with E-state index in [0.717, 1.165) is 5.56 Å². The van der Waals surface area contributed by atoms with Gasteiger partial charge in [0.1, 0.15) is 21.8 Å². The molecule has 0 fully saturated rings. The van der Waals surface area contributed by atoms with Crippen LogP contribution in [-0.4, -0.2) is 40.9 Å². The monoisotopic (exact) mass is 382 g/mol. The fraction of sp³-hybridized carbons (Fsp3) is 0.200. The first-order chi connectivity index (χ1) is 11.7. The molecule has 0 atom stereocenters. The lowest BCUT2D eigenvalue weighted by Gasteiger charge is -2.13. The normalized spacial score (nSPS) is 10.1.